The standard InChI is InChI=1S/C10H12N4O2/c1-7(4-11)14-5-9(12-6-15)10(13-14)16-8-2-3-8/h5-8H,2-3H2,1H3,(H,12,15). The van der Waals surface area contributed by atoms with Crippen LogP contribution in [0.15, 0.2) is 6.20 Å². The highest BCUT2D eigenvalue weighted by Gasteiger charge is 2.26. The Morgan fingerprint density at radius 3 is 3.12 bits per heavy atom. The minimum Gasteiger partial charge on any atom is -0.472 e. The number of nitriles is 1. The second kappa shape index (κ2) is 4.23. The molecule has 0 aromatic carbocycles. The Morgan fingerprint density at radius 1 is 1.81 bits per heavy atom. The molecule has 16 heavy (non-hydrogen) atoms. The molecule has 1 aliphatic carbocycles. The number of aromatic nitrogens is 2. The molecule has 84 valence electrons. The maximum atomic E-state index is 10.4. The summed E-state index contributed by atoms with van der Waals surface area (Å²) in [6.45, 7) is 1.72. The zero-order valence-corrected chi connectivity index (χ0v) is 8.88. The van der Waals surface area contributed by atoms with E-state index in [1.165, 1.54) is 4.68 Å². The molecular weight excluding hydrogens is 208 g/mol. The molecule has 6 heteroatoms. The monoisotopic (exact) mass is 220 g/mol. The third-order valence-corrected chi connectivity index (χ3v) is 2.30. The van der Waals surface area contributed by atoms with Crippen LogP contribution in [0.25, 0.3) is 0 Å². The van der Waals surface area contributed by atoms with Gasteiger partial charge in [0.25, 0.3) is 5.88 Å². The molecule has 1 aliphatic rings. The van der Waals surface area contributed by atoms with Gasteiger partial charge in [0.05, 0.1) is 12.3 Å². The summed E-state index contributed by atoms with van der Waals surface area (Å²) < 4.78 is 7.00. The van der Waals surface area contributed by atoms with Gasteiger partial charge in [-0.1, -0.05) is 0 Å². The number of hydrogen-bond donors (Lipinski definition) is 1. The minimum atomic E-state index is -0.385. The summed E-state index contributed by atoms with van der Waals surface area (Å²) in [4.78, 5) is 10.4. The van der Waals surface area contributed by atoms with Crippen LogP contribution < -0.4 is 10.1 Å². The van der Waals surface area contributed by atoms with Crippen LogP contribution in [0.2, 0.25) is 0 Å². The molecule has 6 nitrogen and oxygen atoms in total. The molecule has 1 atom stereocenters. The Morgan fingerprint density at radius 2 is 2.56 bits per heavy atom. The summed E-state index contributed by atoms with van der Waals surface area (Å²) in [7, 11) is 0. The Hall–Kier alpha value is -2.03. The van der Waals surface area contributed by atoms with Crippen molar-refractivity contribution >= 4 is 12.1 Å². The molecule has 1 amide bonds. The number of ether oxygens (including phenoxy) is 1. The van der Waals surface area contributed by atoms with Crippen molar-refractivity contribution in [2.75, 3.05) is 5.32 Å². The predicted molar refractivity (Wildman–Crippen MR) is 55.9 cm³/mol. The van der Waals surface area contributed by atoms with Gasteiger partial charge in [0.15, 0.2) is 0 Å². The fraction of sp³-hybridized carbons (Fsp3) is 0.500. The Balaban J connectivity index is 2.21. The second-order valence-electron chi connectivity index (χ2n) is 3.71. The van der Waals surface area contributed by atoms with E-state index >= 15 is 0 Å². The van der Waals surface area contributed by atoms with Gasteiger partial charge in [-0.15, -0.1) is 5.10 Å². The Kier molecular flexibility index (Phi) is 2.77. The average Bonchev–Trinajstić information content (AvgIpc) is 3.00. The molecule has 1 unspecified atom stereocenters. The van der Waals surface area contributed by atoms with Crippen molar-refractivity contribution in [2.24, 2.45) is 0 Å². The molecule has 0 saturated heterocycles. The second-order valence-corrected chi connectivity index (χ2v) is 3.71. The van der Waals surface area contributed by atoms with E-state index in [1.807, 2.05) is 0 Å². The van der Waals surface area contributed by atoms with E-state index < -0.39 is 0 Å². The van der Waals surface area contributed by atoms with Gasteiger partial charge in [-0.25, -0.2) is 4.68 Å². The van der Waals surface area contributed by atoms with Crippen LogP contribution in [0.5, 0.6) is 5.88 Å². The number of nitrogens with one attached hydrogen (secondary N) is 1. The number of rotatable bonds is 5. The predicted octanol–water partition coefficient (Wildman–Crippen LogP) is 1.08. The van der Waals surface area contributed by atoms with Gasteiger partial charge in [0.2, 0.25) is 6.41 Å². The van der Waals surface area contributed by atoms with Gasteiger partial charge >= 0.3 is 0 Å². The molecule has 1 fully saturated rings. The molecule has 1 aromatic heterocycles. The molecule has 2 rings (SSSR count). The van der Waals surface area contributed by atoms with Crippen LogP contribution in [0.4, 0.5) is 5.69 Å². The smallest absolute Gasteiger partial charge is 0.257 e. The summed E-state index contributed by atoms with van der Waals surface area (Å²) in [5, 5.41) is 15.4. The Bertz CT molecular complexity index is 431. The van der Waals surface area contributed by atoms with E-state index in [0.29, 0.717) is 18.0 Å². The average molecular weight is 220 g/mol. The van der Waals surface area contributed by atoms with Gasteiger partial charge in [0, 0.05) is 0 Å². The number of anilines is 1. The van der Waals surface area contributed by atoms with E-state index in [-0.39, 0.29) is 12.1 Å². The zero-order chi connectivity index (χ0) is 11.5. The van der Waals surface area contributed by atoms with Crippen molar-refractivity contribution < 1.29 is 9.53 Å². The first-order valence-corrected chi connectivity index (χ1v) is 5.10. The van der Waals surface area contributed by atoms with Crippen molar-refractivity contribution in [1.29, 1.82) is 5.26 Å². The summed E-state index contributed by atoms with van der Waals surface area (Å²) in [6, 6.07) is 1.68. The van der Waals surface area contributed by atoms with E-state index in [0.717, 1.165) is 12.8 Å². The van der Waals surface area contributed by atoms with Gasteiger partial charge in [-0.05, 0) is 19.8 Å². The van der Waals surface area contributed by atoms with Crippen molar-refractivity contribution in [3.05, 3.63) is 6.20 Å². The lowest BCUT2D eigenvalue weighted by Crippen LogP contribution is -2.04. The third kappa shape index (κ3) is 2.14. The van der Waals surface area contributed by atoms with Crippen LogP contribution >= 0.6 is 0 Å². The van der Waals surface area contributed by atoms with Crippen LogP contribution in [-0.4, -0.2) is 22.3 Å². The first-order chi connectivity index (χ1) is 7.74. The zero-order valence-electron chi connectivity index (χ0n) is 8.88. The van der Waals surface area contributed by atoms with Crippen molar-refractivity contribution in [1.82, 2.24) is 9.78 Å². The van der Waals surface area contributed by atoms with Crippen molar-refractivity contribution in [2.45, 2.75) is 31.9 Å². The molecular formula is C10H12N4O2. The fourth-order valence-electron chi connectivity index (χ4n) is 1.23. The molecule has 1 aromatic rings. The maximum Gasteiger partial charge on any atom is 0.257 e. The van der Waals surface area contributed by atoms with E-state index in [2.05, 4.69) is 16.5 Å². The number of hydrogen-bond acceptors (Lipinski definition) is 4. The Labute approximate surface area is 92.8 Å². The molecule has 0 spiro atoms. The highest BCUT2D eigenvalue weighted by Crippen LogP contribution is 2.31. The van der Waals surface area contributed by atoms with Crippen LogP contribution in [0.3, 0.4) is 0 Å². The lowest BCUT2D eigenvalue weighted by Gasteiger charge is -2.02. The number of carbonyl (C=O) groups is 1. The fourth-order valence-corrected chi connectivity index (χ4v) is 1.23. The molecule has 0 radical (unpaired) electrons. The van der Waals surface area contributed by atoms with E-state index in [4.69, 9.17) is 10.00 Å². The number of amides is 1. The van der Waals surface area contributed by atoms with Crippen LogP contribution in [0.1, 0.15) is 25.8 Å². The SMILES string of the molecule is CC(C#N)n1cc(NC=O)c(OC2CC2)n1. The summed E-state index contributed by atoms with van der Waals surface area (Å²) in [5.74, 6) is 0.386. The molecule has 0 aliphatic heterocycles. The van der Waals surface area contributed by atoms with Crippen molar-refractivity contribution in [3.63, 3.8) is 0 Å². The molecule has 1 heterocycles. The number of nitrogens with zero attached hydrogens (tertiary/aromatic N) is 3. The van der Waals surface area contributed by atoms with E-state index in [9.17, 15) is 4.79 Å². The quantitative estimate of drug-likeness (QED) is 0.753. The first kappa shape index (κ1) is 10.5. The number of carbonyl (C=O) groups excluding carboxylic acids is 1. The minimum absolute atomic E-state index is 0.202. The normalized spacial score (nSPS) is 16.2. The van der Waals surface area contributed by atoms with Gasteiger partial charge in [-0.3, -0.25) is 4.79 Å². The summed E-state index contributed by atoms with van der Waals surface area (Å²) in [6.07, 6.45) is 4.40. The molecule has 0 bridgehead atoms. The topological polar surface area (TPSA) is 79.9 Å². The van der Waals surface area contributed by atoms with Crippen LogP contribution in [0, 0.1) is 11.3 Å². The lowest BCUT2D eigenvalue weighted by molar-refractivity contribution is -0.105. The molecule has 1 saturated carbocycles. The highest BCUT2D eigenvalue weighted by atomic mass is 16.5. The van der Waals surface area contributed by atoms with E-state index in [1.54, 1.807) is 13.1 Å². The third-order valence-electron chi connectivity index (χ3n) is 2.30. The van der Waals surface area contributed by atoms with Gasteiger partial charge in [-0.2, -0.15) is 5.26 Å². The van der Waals surface area contributed by atoms with Crippen LogP contribution in [-0.2, 0) is 4.79 Å². The summed E-state index contributed by atoms with van der Waals surface area (Å²) >= 11 is 0. The molecule has 1 N–H and O–H groups in total. The van der Waals surface area contributed by atoms with Crippen molar-refractivity contribution in [3.8, 4) is 11.9 Å². The summed E-state index contributed by atoms with van der Waals surface area (Å²) in [5.41, 5.74) is 0.504. The maximum absolute atomic E-state index is 10.4. The van der Waals surface area contributed by atoms with Gasteiger partial charge in [0.1, 0.15) is 17.8 Å². The highest BCUT2D eigenvalue weighted by molar-refractivity contribution is 5.73. The lowest BCUT2D eigenvalue weighted by atomic mass is 10.4. The van der Waals surface area contributed by atoms with Gasteiger partial charge < -0.3 is 10.1 Å². The first-order valence-electron chi connectivity index (χ1n) is 5.10. The largest absolute Gasteiger partial charge is 0.472 e.